The number of aryl methyl sites for hydroxylation is 2. The number of ether oxygens (including phenoxy) is 10. The predicted molar refractivity (Wildman–Crippen MR) is 528 cm³/mol. The second-order valence-corrected chi connectivity index (χ2v) is 38.2. The number of rotatable bonds is 31. The van der Waals surface area contributed by atoms with Gasteiger partial charge in [0.25, 0.3) is 23.6 Å². The molecule has 0 aliphatic carbocycles. The average Bonchev–Trinajstić information content (AvgIpc) is 1.65. The maximum absolute atomic E-state index is 10.7. The maximum atomic E-state index is 10.7. The number of hydrogen-bond acceptors (Lipinski definition) is 35. The second kappa shape index (κ2) is 44.1. The maximum Gasteiger partial charge on any atom is 0.283 e. The number of fused-ring (bicyclic) bond motifs is 8. The number of aliphatic hydroxyl groups is 5. The van der Waals surface area contributed by atoms with Gasteiger partial charge in [-0.3, -0.25) is 0 Å². The first-order chi connectivity index (χ1) is 70.5. The van der Waals surface area contributed by atoms with Gasteiger partial charge in [0.05, 0.1) is 34.8 Å². The quantitative estimate of drug-likeness (QED) is 0.0269. The van der Waals surface area contributed by atoms with Crippen molar-refractivity contribution in [2.24, 2.45) is 0 Å². The van der Waals surface area contributed by atoms with Crippen molar-refractivity contribution in [2.75, 3.05) is 132 Å². The van der Waals surface area contributed by atoms with Crippen molar-refractivity contribution in [1.29, 1.82) is 0 Å². The fraction of sp³-hybridized carbons (Fsp3) is 0.413. The van der Waals surface area contributed by atoms with Crippen molar-refractivity contribution in [1.82, 2.24) is 60.4 Å². The summed E-state index contributed by atoms with van der Waals surface area (Å²) in [5.41, 5.74) is 10.7. The van der Waals surface area contributed by atoms with E-state index < -0.39 is 24.4 Å². The smallest absolute Gasteiger partial charge is 0.283 e. The Hall–Kier alpha value is -13.9. The van der Waals surface area contributed by atoms with Gasteiger partial charge in [0.2, 0.25) is 37.1 Å². The molecule has 24 rings (SSSR count). The number of β-amino-alcohol motifs (C(OH)–C–C–N with tert-alkyl or cyclic N) is 4. The number of nitrogens with zero attached hydrogens (tertiary/aromatic N) is 12. The normalized spacial score (nSPS) is 17.2. The molecular formula is C109H118N12O23. The summed E-state index contributed by atoms with van der Waals surface area (Å²) in [5.74, 6) is 15.0. The fourth-order valence-corrected chi connectivity index (χ4v) is 20.1. The summed E-state index contributed by atoms with van der Waals surface area (Å²) in [7, 11) is 0. The van der Waals surface area contributed by atoms with Gasteiger partial charge in [0.15, 0.2) is 46.0 Å². The second-order valence-electron chi connectivity index (χ2n) is 38.2. The summed E-state index contributed by atoms with van der Waals surface area (Å²) in [6, 6.07) is 55.4. The number of piperidine rings is 4. The van der Waals surface area contributed by atoms with Crippen LogP contribution in [-0.2, 0) is 25.9 Å². The largest absolute Gasteiger partial charge is 0.493 e. The summed E-state index contributed by atoms with van der Waals surface area (Å²) in [6.45, 7) is 20.2. The number of hydrogen-bond donors (Lipinski definition) is 5. The topological polar surface area (TPSA) is 415 Å². The van der Waals surface area contributed by atoms with Gasteiger partial charge in [-0.25, -0.2) is 0 Å². The standard InChI is InChI=1S/C29H33N3O5.C28H31N3O5.C26H27N3O7.C26H27N3O6/c1-18(2)28-30-31-29(37-28)27-15-23-25(4-3-5-26(23)36-27)35-17-22(33)16-32-11-8-19(9-12-32)20-6-7-24-21(14-20)10-13-34-24;1-2-27-29-30-28(36-27)26-15-22-24(4-3-5-25(22)35-26)34-17-21(32)16-31-11-8-18(9-12-31)19-6-7-23-20(14-19)10-13-33-23;30-13-25-27-28-26(36-25)24-11-19-20(2-1-3-21(19)35-24)32-14-18(31)12-29-8-6-16(7-9-29)17-4-5-22-23(10-17)34-15-33-22;1-16-27-28-26(34-16)25-12-20-21(3-2-4-22(20)35-25)31-14-19(30)13-29-9-7-17(8-10-29)18-5-6-23-24(11-18)33-15-32-23/h3-7,14-15,18-19,22,33H,8-13,16-17H2,1-2H3;3-7,14-15,18,21,32H,2,8-13,16-17H2,1H3;1-5,10-11,16,18,30-31H,6-9,12-15H2;2-6,11-12,17,19,30H,7-10,13-15H2,1H3/t22-;21-;18-;19-/m0000/s1. The van der Waals surface area contributed by atoms with Crippen molar-refractivity contribution < 1.29 is 108 Å². The molecule has 0 unspecified atom stereocenters. The molecule has 35 nitrogen and oxygen atoms in total. The highest BCUT2D eigenvalue weighted by molar-refractivity contribution is 5.90. The van der Waals surface area contributed by atoms with Crippen LogP contribution in [-0.4, -0.2) is 242 Å². The van der Waals surface area contributed by atoms with E-state index >= 15 is 0 Å². The molecule has 0 saturated carbocycles. The van der Waals surface area contributed by atoms with Gasteiger partial charge >= 0.3 is 0 Å². The zero-order valence-corrected chi connectivity index (χ0v) is 80.9. The minimum absolute atomic E-state index is 0.116. The third-order valence-corrected chi connectivity index (χ3v) is 27.8. The van der Waals surface area contributed by atoms with Crippen LogP contribution in [0.2, 0.25) is 0 Å². The fourth-order valence-electron chi connectivity index (χ4n) is 20.1. The molecule has 8 aliphatic rings. The van der Waals surface area contributed by atoms with Gasteiger partial charge in [0.1, 0.15) is 114 Å². The molecule has 5 N–H and O–H groups in total. The first-order valence-corrected chi connectivity index (χ1v) is 49.9. The Labute approximate surface area is 829 Å². The SMILES string of the molecule is CC(C)c1nnc(-c2cc3c(OC[C@@H](O)CN4CCC(c5ccc6c(c5)CCO6)CC4)cccc3o2)o1.CCc1nnc(-c2cc3c(OC[C@@H](O)CN4CCC(c5ccc6c(c5)CCO6)CC4)cccc3o2)o1.Cc1nnc(-c2cc3c(OC[C@@H](O)CN4CCC(c5ccc6c(c5)OCO6)CC4)cccc3o2)o1.OCc1nnc(-c2cc3c(OC[C@@H](O)CN4CCC(c5ccc6c(c5)OCO6)CC4)cccc3o2)o1. The molecule has 0 spiro atoms. The van der Waals surface area contributed by atoms with Crippen LogP contribution in [0.3, 0.4) is 0 Å². The molecule has 4 fully saturated rings. The predicted octanol–water partition coefficient (Wildman–Crippen LogP) is 17.2. The highest BCUT2D eigenvalue weighted by atomic mass is 16.7. The summed E-state index contributed by atoms with van der Waals surface area (Å²) in [4.78, 5) is 9.24. The Morgan fingerprint density at radius 1 is 0.333 bits per heavy atom. The van der Waals surface area contributed by atoms with Crippen LogP contribution in [0.5, 0.6) is 57.5 Å². The number of benzene rings is 8. The molecule has 16 heterocycles. The Morgan fingerprint density at radius 3 is 0.979 bits per heavy atom. The van der Waals surface area contributed by atoms with E-state index in [2.05, 4.69) is 121 Å². The van der Waals surface area contributed by atoms with Gasteiger partial charge in [-0.15, -0.1) is 40.8 Å². The minimum atomic E-state index is -0.628. The van der Waals surface area contributed by atoms with Crippen molar-refractivity contribution in [3.8, 4) is 104 Å². The van der Waals surface area contributed by atoms with Crippen LogP contribution < -0.4 is 47.4 Å². The minimum Gasteiger partial charge on any atom is -0.493 e. The van der Waals surface area contributed by atoms with Gasteiger partial charge in [-0.2, -0.15) is 0 Å². The van der Waals surface area contributed by atoms with Gasteiger partial charge in [0, 0.05) is 82.5 Å². The summed E-state index contributed by atoms with van der Waals surface area (Å²) in [6.07, 6.45) is 8.82. The van der Waals surface area contributed by atoms with Gasteiger partial charge in [-0.1, -0.05) is 81.4 Å². The molecular weight excluding hydrogens is 1850 g/mol. The molecule has 8 aliphatic heterocycles. The Kier molecular flexibility index (Phi) is 29.5. The van der Waals surface area contributed by atoms with E-state index in [1.54, 1.807) is 13.0 Å². The van der Waals surface area contributed by atoms with E-state index in [1.807, 2.05) is 124 Å². The summed E-state index contributed by atoms with van der Waals surface area (Å²) >= 11 is 0. The van der Waals surface area contributed by atoms with Crippen LogP contribution in [0.1, 0.15) is 159 Å². The molecule has 4 saturated heterocycles. The van der Waals surface area contributed by atoms with Crippen molar-refractivity contribution in [3.05, 3.63) is 227 Å². The lowest BCUT2D eigenvalue weighted by Crippen LogP contribution is -2.40. The van der Waals surface area contributed by atoms with E-state index in [1.165, 1.54) is 33.4 Å². The Bertz CT molecular complexity index is 6820. The number of furan rings is 4. The number of likely N-dealkylation sites (tertiary alicyclic amines) is 4. The highest BCUT2D eigenvalue weighted by Gasteiger charge is 2.33. The van der Waals surface area contributed by atoms with Crippen molar-refractivity contribution in [3.63, 3.8) is 0 Å². The lowest BCUT2D eigenvalue weighted by molar-refractivity contribution is 0.0598. The molecule has 752 valence electrons. The van der Waals surface area contributed by atoms with Crippen LogP contribution in [0, 0.1) is 6.92 Å². The third kappa shape index (κ3) is 22.7. The van der Waals surface area contributed by atoms with Crippen LogP contribution in [0.25, 0.3) is 90.5 Å². The highest BCUT2D eigenvalue weighted by Crippen LogP contribution is 2.45. The molecule has 0 bridgehead atoms. The molecule has 144 heavy (non-hydrogen) atoms. The zero-order valence-electron chi connectivity index (χ0n) is 80.9. The molecule has 4 atom stereocenters. The monoisotopic (exact) mass is 1960 g/mol. The van der Waals surface area contributed by atoms with E-state index in [-0.39, 0.29) is 57.5 Å². The van der Waals surface area contributed by atoms with E-state index in [4.69, 9.17) is 87.8 Å². The number of aliphatic hydroxyl groups excluding tert-OH is 5. The Balaban J connectivity index is 0.000000113. The molecule has 0 amide bonds. The third-order valence-electron chi connectivity index (χ3n) is 27.8. The molecule has 8 aromatic heterocycles. The van der Waals surface area contributed by atoms with Crippen LogP contribution in [0.4, 0.5) is 0 Å². The van der Waals surface area contributed by atoms with Crippen molar-refractivity contribution >= 4 is 43.9 Å². The summed E-state index contributed by atoms with van der Waals surface area (Å²) < 4.78 is 103. The lowest BCUT2D eigenvalue weighted by Gasteiger charge is -2.33. The van der Waals surface area contributed by atoms with Crippen molar-refractivity contribution in [2.45, 2.75) is 159 Å². The summed E-state index contributed by atoms with van der Waals surface area (Å²) in [5, 5.41) is 86.8. The Morgan fingerprint density at radius 2 is 0.653 bits per heavy atom. The van der Waals surface area contributed by atoms with Gasteiger partial charge in [-0.05, 0) is 246 Å². The first-order valence-electron chi connectivity index (χ1n) is 49.9. The van der Waals surface area contributed by atoms with E-state index in [0.29, 0.717) is 167 Å². The zero-order chi connectivity index (χ0) is 98.1. The molecule has 0 radical (unpaired) electrons. The molecule has 16 aromatic rings. The number of aromatic nitrogens is 8. The average molecular weight is 1960 g/mol. The van der Waals surface area contributed by atoms with Crippen LogP contribution in [0.15, 0.2) is 205 Å². The van der Waals surface area contributed by atoms with E-state index in [9.17, 15) is 20.4 Å². The molecule has 8 aromatic carbocycles. The van der Waals surface area contributed by atoms with Crippen LogP contribution >= 0.6 is 0 Å². The first kappa shape index (κ1) is 96.3. The van der Waals surface area contributed by atoms with Gasteiger partial charge < -0.3 is 128 Å². The van der Waals surface area contributed by atoms with E-state index in [0.717, 1.165) is 186 Å². The lowest BCUT2D eigenvalue weighted by atomic mass is 9.88. The molecule has 35 heteroatoms.